The van der Waals surface area contributed by atoms with E-state index in [4.69, 9.17) is 5.11 Å². The molecule has 3 nitrogen and oxygen atoms in total. The Hall–Kier alpha value is -0.570. The van der Waals surface area contributed by atoms with Gasteiger partial charge >= 0.3 is 0 Å². The van der Waals surface area contributed by atoms with Crippen molar-refractivity contribution in [3.8, 4) is 0 Å². The highest BCUT2D eigenvalue weighted by Crippen LogP contribution is 2.07. The Labute approximate surface area is 86.9 Å². The molecular formula is C11H23NO2. The minimum absolute atomic E-state index is 0.0987. The zero-order valence-electron chi connectivity index (χ0n) is 9.55. The molecule has 0 aromatic heterocycles. The number of rotatable bonds is 7. The molecule has 0 saturated carbocycles. The van der Waals surface area contributed by atoms with Crippen LogP contribution in [0.15, 0.2) is 0 Å². The summed E-state index contributed by atoms with van der Waals surface area (Å²) in [7, 11) is 0. The Bertz CT molecular complexity index is 159. The van der Waals surface area contributed by atoms with Gasteiger partial charge in [0.05, 0.1) is 0 Å². The normalized spacial score (nSPS) is 14.9. The maximum atomic E-state index is 11.4. The molecule has 0 rings (SSSR count). The van der Waals surface area contributed by atoms with Crippen molar-refractivity contribution in [1.82, 2.24) is 5.32 Å². The Morgan fingerprint density at radius 3 is 2.43 bits per heavy atom. The number of hydrogen-bond donors (Lipinski definition) is 2. The van der Waals surface area contributed by atoms with Gasteiger partial charge in [-0.2, -0.15) is 0 Å². The van der Waals surface area contributed by atoms with Gasteiger partial charge in [-0.25, -0.2) is 0 Å². The number of nitrogens with one attached hydrogen (secondary N) is 1. The second kappa shape index (κ2) is 7.80. The predicted octanol–water partition coefficient (Wildman–Crippen LogP) is 1.56. The SMILES string of the molecule is CCC(CCO)CNC(=O)C(C)CC. The molecular weight excluding hydrogens is 178 g/mol. The summed E-state index contributed by atoms with van der Waals surface area (Å²) in [5, 5.41) is 11.7. The van der Waals surface area contributed by atoms with Crippen molar-refractivity contribution < 1.29 is 9.90 Å². The Morgan fingerprint density at radius 2 is 2.00 bits per heavy atom. The average molecular weight is 201 g/mol. The first-order valence-electron chi connectivity index (χ1n) is 5.54. The molecule has 2 atom stereocenters. The molecule has 2 unspecified atom stereocenters. The molecule has 0 heterocycles. The molecule has 0 aromatic carbocycles. The van der Waals surface area contributed by atoms with Crippen molar-refractivity contribution in [2.45, 2.75) is 40.0 Å². The van der Waals surface area contributed by atoms with E-state index in [1.165, 1.54) is 0 Å². The maximum absolute atomic E-state index is 11.4. The largest absolute Gasteiger partial charge is 0.396 e. The van der Waals surface area contributed by atoms with Gasteiger partial charge in [-0.1, -0.05) is 27.2 Å². The molecule has 0 bridgehead atoms. The molecule has 0 aliphatic rings. The van der Waals surface area contributed by atoms with E-state index >= 15 is 0 Å². The molecule has 2 N–H and O–H groups in total. The number of aliphatic hydroxyl groups excluding tert-OH is 1. The van der Waals surface area contributed by atoms with E-state index in [2.05, 4.69) is 12.2 Å². The van der Waals surface area contributed by atoms with Gasteiger partial charge in [-0.3, -0.25) is 4.79 Å². The van der Waals surface area contributed by atoms with Gasteiger partial charge in [0.1, 0.15) is 0 Å². The molecule has 0 radical (unpaired) electrons. The molecule has 14 heavy (non-hydrogen) atoms. The summed E-state index contributed by atoms with van der Waals surface area (Å²) < 4.78 is 0. The summed E-state index contributed by atoms with van der Waals surface area (Å²) in [6.45, 7) is 6.92. The number of carbonyl (C=O) groups excluding carboxylic acids is 1. The molecule has 0 spiro atoms. The monoisotopic (exact) mass is 201 g/mol. The third-order valence-corrected chi connectivity index (χ3v) is 2.74. The van der Waals surface area contributed by atoms with Crippen LogP contribution < -0.4 is 5.32 Å². The lowest BCUT2D eigenvalue weighted by molar-refractivity contribution is -0.124. The van der Waals surface area contributed by atoms with E-state index in [-0.39, 0.29) is 18.4 Å². The van der Waals surface area contributed by atoms with Gasteiger partial charge in [0.15, 0.2) is 0 Å². The van der Waals surface area contributed by atoms with Crippen molar-refractivity contribution in [3.63, 3.8) is 0 Å². The van der Waals surface area contributed by atoms with E-state index in [1.54, 1.807) is 0 Å². The zero-order valence-corrected chi connectivity index (χ0v) is 9.55. The highest BCUT2D eigenvalue weighted by Gasteiger charge is 2.12. The first-order chi connectivity index (χ1) is 6.65. The van der Waals surface area contributed by atoms with Crippen molar-refractivity contribution in [2.24, 2.45) is 11.8 Å². The summed E-state index contributed by atoms with van der Waals surface area (Å²) in [5.74, 6) is 0.638. The van der Waals surface area contributed by atoms with E-state index in [0.29, 0.717) is 12.5 Å². The van der Waals surface area contributed by atoms with Crippen molar-refractivity contribution in [2.75, 3.05) is 13.2 Å². The highest BCUT2D eigenvalue weighted by atomic mass is 16.3. The number of hydrogen-bond acceptors (Lipinski definition) is 2. The molecule has 0 aromatic rings. The molecule has 0 fully saturated rings. The van der Waals surface area contributed by atoms with Gasteiger partial charge in [0, 0.05) is 19.1 Å². The summed E-state index contributed by atoms with van der Waals surface area (Å²) >= 11 is 0. The minimum atomic E-state index is 0.0987. The first-order valence-corrected chi connectivity index (χ1v) is 5.54. The average Bonchev–Trinajstić information content (AvgIpc) is 2.22. The van der Waals surface area contributed by atoms with Crippen LogP contribution in [0.25, 0.3) is 0 Å². The fraction of sp³-hybridized carbons (Fsp3) is 0.909. The van der Waals surface area contributed by atoms with Gasteiger partial charge in [0.2, 0.25) is 5.91 Å². The van der Waals surface area contributed by atoms with Crippen LogP contribution >= 0.6 is 0 Å². The van der Waals surface area contributed by atoms with E-state index in [0.717, 1.165) is 19.3 Å². The van der Waals surface area contributed by atoms with Crippen LogP contribution in [0.4, 0.5) is 0 Å². The van der Waals surface area contributed by atoms with Crippen LogP contribution in [0.2, 0.25) is 0 Å². The van der Waals surface area contributed by atoms with Crippen molar-refractivity contribution in [1.29, 1.82) is 0 Å². The Morgan fingerprint density at radius 1 is 1.36 bits per heavy atom. The third kappa shape index (κ3) is 5.22. The van der Waals surface area contributed by atoms with E-state index in [9.17, 15) is 4.79 Å². The highest BCUT2D eigenvalue weighted by molar-refractivity contribution is 5.78. The summed E-state index contributed by atoms with van der Waals surface area (Å²) in [5.41, 5.74) is 0. The number of amides is 1. The van der Waals surface area contributed by atoms with Gasteiger partial charge < -0.3 is 10.4 Å². The van der Waals surface area contributed by atoms with Crippen LogP contribution in [-0.2, 0) is 4.79 Å². The first kappa shape index (κ1) is 13.4. The second-order valence-electron chi connectivity index (χ2n) is 3.84. The molecule has 84 valence electrons. The lowest BCUT2D eigenvalue weighted by Crippen LogP contribution is -2.33. The van der Waals surface area contributed by atoms with Crippen LogP contribution in [0.3, 0.4) is 0 Å². The lowest BCUT2D eigenvalue weighted by Gasteiger charge is -2.16. The fourth-order valence-corrected chi connectivity index (χ4v) is 1.24. The lowest BCUT2D eigenvalue weighted by atomic mass is 10.0. The number of aliphatic hydroxyl groups is 1. The van der Waals surface area contributed by atoms with Gasteiger partial charge in [-0.05, 0) is 18.8 Å². The molecule has 0 aliphatic heterocycles. The second-order valence-corrected chi connectivity index (χ2v) is 3.84. The Kier molecular flexibility index (Phi) is 7.48. The Balaban J connectivity index is 3.73. The maximum Gasteiger partial charge on any atom is 0.222 e. The van der Waals surface area contributed by atoms with Crippen LogP contribution in [0.5, 0.6) is 0 Å². The molecule has 1 amide bonds. The van der Waals surface area contributed by atoms with Crippen LogP contribution in [-0.4, -0.2) is 24.2 Å². The molecule has 3 heteroatoms. The summed E-state index contributed by atoms with van der Waals surface area (Å²) in [6.07, 6.45) is 2.65. The van der Waals surface area contributed by atoms with Gasteiger partial charge in [0.25, 0.3) is 0 Å². The summed E-state index contributed by atoms with van der Waals surface area (Å²) in [4.78, 5) is 11.4. The van der Waals surface area contributed by atoms with Crippen LogP contribution in [0, 0.1) is 11.8 Å². The third-order valence-electron chi connectivity index (χ3n) is 2.74. The van der Waals surface area contributed by atoms with E-state index in [1.807, 2.05) is 13.8 Å². The zero-order chi connectivity index (χ0) is 11.0. The van der Waals surface area contributed by atoms with Crippen molar-refractivity contribution >= 4 is 5.91 Å². The van der Waals surface area contributed by atoms with Crippen LogP contribution in [0.1, 0.15) is 40.0 Å². The minimum Gasteiger partial charge on any atom is -0.396 e. The standard InChI is InChI=1S/C11H23NO2/c1-4-9(3)11(14)12-8-10(5-2)6-7-13/h9-10,13H,4-8H2,1-3H3,(H,12,14). The van der Waals surface area contributed by atoms with Gasteiger partial charge in [-0.15, -0.1) is 0 Å². The quantitative estimate of drug-likeness (QED) is 0.656. The van der Waals surface area contributed by atoms with Crippen molar-refractivity contribution in [3.05, 3.63) is 0 Å². The fourth-order valence-electron chi connectivity index (χ4n) is 1.24. The molecule has 0 aliphatic carbocycles. The predicted molar refractivity (Wildman–Crippen MR) is 57.9 cm³/mol. The van der Waals surface area contributed by atoms with E-state index < -0.39 is 0 Å². The summed E-state index contributed by atoms with van der Waals surface area (Å²) in [6, 6.07) is 0. The smallest absolute Gasteiger partial charge is 0.222 e. The topological polar surface area (TPSA) is 49.3 Å². The number of carbonyl (C=O) groups is 1. The molecule has 0 saturated heterocycles.